The van der Waals surface area contributed by atoms with Gasteiger partial charge in [-0.15, -0.1) is 0 Å². The normalized spacial score (nSPS) is 9.18. The van der Waals surface area contributed by atoms with Crippen molar-refractivity contribution in [1.82, 2.24) is 0 Å². The molecule has 0 aromatic heterocycles. The Bertz CT molecular complexity index is 151. The Morgan fingerprint density at radius 3 is 2.64 bits per heavy atom. The number of hydrogen-bond acceptors (Lipinski definition) is 2. The lowest BCUT2D eigenvalue weighted by atomic mass is 10.4. The summed E-state index contributed by atoms with van der Waals surface area (Å²) in [6, 6.07) is 0. The summed E-state index contributed by atoms with van der Waals surface area (Å²) in [5.74, 6) is 0.866. The van der Waals surface area contributed by atoms with Crippen LogP contribution in [0.15, 0.2) is 4.99 Å². The minimum absolute atomic E-state index is 0.0426. The molecule has 0 amide bonds. The maximum atomic E-state index is 7.21. The highest BCUT2D eigenvalue weighted by Gasteiger charge is 1.93. The molecule has 0 heterocycles. The van der Waals surface area contributed by atoms with E-state index in [-0.39, 0.29) is 11.1 Å². The zero-order valence-electron chi connectivity index (χ0n) is 6.63. The second-order valence-corrected chi connectivity index (χ2v) is 3.13. The summed E-state index contributed by atoms with van der Waals surface area (Å²) in [7, 11) is 0. The Balaban J connectivity index is 3.46. The second kappa shape index (κ2) is 6.03. The van der Waals surface area contributed by atoms with Gasteiger partial charge in [-0.25, -0.2) is 0 Å². The van der Waals surface area contributed by atoms with E-state index in [9.17, 15) is 0 Å². The molecule has 0 aliphatic rings. The summed E-state index contributed by atoms with van der Waals surface area (Å²) in [4.78, 5) is 3.57. The Morgan fingerprint density at radius 1 is 1.55 bits per heavy atom. The average molecular weight is 174 g/mol. The number of unbranched alkanes of at least 4 members (excludes halogenated alkanes) is 1. The van der Waals surface area contributed by atoms with Gasteiger partial charge in [0.1, 0.15) is 0 Å². The number of hydrogen-bond donors (Lipinski definition) is 3. The van der Waals surface area contributed by atoms with Crippen molar-refractivity contribution in [2.45, 2.75) is 19.8 Å². The van der Waals surface area contributed by atoms with Gasteiger partial charge in [0.25, 0.3) is 0 Å². The summed E-state index contributed by atoms with van der Waals surface area (Å²) in [6.45, 7) is 2.10. The van der Waals surface area contributed by atoms with Crippen LogP contribution in [0.2, 0.25) is 0 Å². The van der Waals surface area contributed by atoms with Gasteiger partial charge in [-0.1, -0.05) is 25.1 Å². The Kier molecular flexibility index (Phi) is 5.64. The molecule has 0 radical (unpaired) electrons. The molecule has 0 saturated carbocycles. The van der Waals surface area contributed by atoms with Gasteiger partial charge in [-0.3, -0.25) is 5.41 Å². The van der Waals surface area contributed by atoms with Gasteiger partial charge in [0, 0.05) is 5.75 Å². The van der Waals surface area contributed by atoms with Crippen LogP contribution in [0.5, 0.6) is 0 Å². The minimum atomic E-state index is -0.0426. The molecule has 4 nitrogen and oxygen atoms in total. The zero-order valence-corrected chi connectivity index (χ0v) is 7.45. The Labute approximate surface area is 70.9 Å². The molecule has 0 aliphatic heterocycles. The van der Waals surface area contributed by atoms with Crippen LogP contribution in [0.1, 0.15) is 19.8 Å². The molecular weight excluding hydrogens is 160 g/mol. The Hall–Kier alpha value is -0.710. The van der Waals surface area contributed by atoms with E-state index >= 15 is 0 Å². The fourth-order valence-corrected chi connectivity index (χ4v) is 1.26. The van der Waals surface area contributed by atoms with E-state index in [1.54, 1.807) is 0 Å². The number of guanidine groups is 1. The van der Waals surface area contributed by atoms with Gasteiger partial charge in [-0.2, -0.15) is 4.99 Å². The molecule has 0 bridgehead atoms. The van der Waals surface area contributed by atoms with Crippen molar-refractivity contribution in [2.75, 3.05) is 5.75 Å². The molecular formula is C6H14N4S. The van der Waals surface area contributed by atoms with Crippen molar-refractivity contribution in [2.24, 2.45) is 16.5 Å². The maximum absolute atomic E-state index is 7.21. The molecule has 0 fully saturated rings. The largest absolute Gasteiger partial charge is 0.370 e. The second-order valence-electron chi connectivity index (χ2n) is 2.04. The van der Waals surface area contributed by atoms with Crippen molar-refractivity contribution in [3.05, 3.63) is 0 Å². The molecule has 5 heteroatoms. The number of rotatable bonds is 3. The predicted octanol–water partition coefficient (Wildman–Crippen LogP) is 0.728. The first-order valence-corrected chi connectivity index (χ1v) is 4.46. The first-order valence-electron chi connectivity index (χ1n) is 3.47. The lowest BCUT2D eigenvalue weighted by molar-refractivity contribution is 0.898. The molecule has 11 heavy (non-hydrogen) atoms. The van der Waals surface area contributed by atoms with E-state index < -0.39 is 0 Å². The number of aliphatic imine (C=N–C) groups is 1. The van der Waals surface area contributed by atoms with Crippen LogP contribution in [-0.4, -0.2) is 16.9 Å². The fourth-order valence-electron chi connectivity index (χ4n) is 0.463. The van der Waals surface area contributed by atoms with Gasteiger partial charge >= 0.3 is 0 Å². The maximum Gasteiger partial charge on any atom is 0.193 e. The quantitative estimate of drug-likeness (QED) is 0.335. The van der Waals surface area contributed by atoms with Crippen LogP contribution < -0.4 is 11.5 Å². The standard InChI is InChI=1S/C6H14N4S/c1-2-3-4-11-6(9)10-5(7)8/h2-4H2,1H3,(H5,7,8,9,10). The van der Waals surface area contributed by atoms with Crippen molar-refractivity contribution >= 4 is 22.9 Å². The van der Waals surface area contributed by atoms with E-state index in [0.717, 1.165) is 18.6 Å². The molecule has 0 atom stereocenters. The predicted molar refractivity (Wildman–Crippen MR) is 50.9 cm³/mol. The smallest absolute Gasteiger partial charge is 0.193 e. The summed E-state index contributed by atoms with van der Waals surface area (Å²) < 4.78 is 0. The number of nitrogens with zero attached hydrogens (tertiary/aromatic N) is 1. The van der Waals surface area contributed by atoms with Crippen LogP contribution in [0, 0.1) is 5.41 Å². The van der Waals surface area contributed by atoms with E-state index in [1.807, 2.05) is 0 Å². The molecule has 0 spiro atoms. The first kappa shape index (κ1) is 10.3. The highest BCUT2D eigenvalue weighted by Crippen LogP contribution is 2.06. The molecule has 5 N–H and O–H groups in total. The monoisotopic (exact) mass is 174 g/mol. The summed E-state index contributed by atoms with van der Waals surface area (Å²) in [6.07, 6.45) is 2.22. The highest BCUT2D eigenvalue weighted by molar-refractivity contribution is 8.13. The third-order valence-corrected chi connectivity index (χ3v) is 1.82. The highest BCUT2D eigenvalue weighted by atomic mass is 32.2. The van der Waals surface area contributed by atoms with Crippen molar-refractivity contribution in [3.8, 4) is 0 Å². The van der Waals surface area contributed by atoms with Crippen LogP contribution in [0.3, 0.4) is 0 Å². The van der Waals surface area contributed by atoms with Gasteiger partial charge in [0.15, 0.2) is 11.1 Å². The van der Waals surface area contributed by atoms with E-state index in [2.05, 4.69) is 11.9 Å². The Morgan fingerprint density at radius 2 is 2.18 bits per heavy atom. The van der Waals surface area contributed by atoms with Gasteiger partial charge in [0.05, 0.1) is 0 Å². The minimum Gasteiger partial charge on any atom is -0.370 e. The van der Waals surface area contributed by atoms with Crippen molar-refractivity contribution in [1.29, 1.82) is 5.41 Å². The molecule has 0 aromatic rings. The number of nitrogens with one attached hydrogen (secondary N) is 1. The number of amidine groups is 1. The van der Waals surface area contributed by atoms with E-state index in [1.165, 1.54) is 11.8 Å². The van der Waals surface area contributed by atoms with E-state index in [4.69, 9.17) is 16.9 Å². The molecule has 0 aliphatic carbocycles. The third kappa shape index (κ3) is 7.18. The number of nitrogens with two attached hydrogens (primary N) is 2. The SMILES string of the molecule is CCCCSC(=N)N=C(N)N. The zero-order chi connectivity index (χ0) is 8.69. The first-order chi connectivity index (χ1) is 5.16. The topological polar surface area (TPSA) is 88.2 Å². The van der Waals surface area contributed by atoms with Gasteiger partial charge in [-0.05, 0) is 6.42 Å². The van der Waals surface area contributed by atoms with Crippen LogP contribution >= 0.6 is 11.8 Å². The van der Waals surface area contributed by atoms with Gasteiger partial charge in [0.2, 0.25) is 0 Å². The number of thioether (sulfide) groups is 1. The lowest BCUT2D eigenvalue weighted by Gasteiger charge is -1.96. The van der Waals surface area contributed by atoms with Gasteiger partial charge < -0.3 is 11.5 Å². The van der Waals surface area contributed by atoms with Crippen molar-refractivity contribution < 1.29 is 0 Å². The molecule has 0 aromatic carbocycles. The summed E-state index contributed by atoms with van der Waals surface area (Å²) in [5, 5.41) is 7.41. The third-order valence-electron chi connectivity index (χ3n) is 0.967. The van der Waals surface area contributed by atoms with E-state index in [0.29, 0.717) is 0 Å². The molecule has 0 saturated heterocycles. The van der Waals surface area contributed by atoms with Crippen molar-refractivity contribution in [3.63, 3.8) is 0 Å². The molecule has 0 rings (SSSR count). The van der Waals surface area contributed by atoms with Crippen LogP contribution in [-0.2, 0) is 0 Å². The summed E-state index contributed by atoms with van der Waals surface area (Å²) in [5.41, 5.74) is 10.1. The van der Waals surface area contributed by atoms with Crippen LogP contribution in [0.4, 0.5) is 0 Å². The average Bonchev–Trinajstić information content (AvgIpc) is 1.86. The van der Waals surface area contributed by atoms with Crippen LogP contribution in [0.25, 0.3) is 0 Å². The molecule has 0 unspecified atom stereocenters. The molecule has 64 valence electrons. The summed E-state index contributed by atoms with van der Waals surface area (Å²) >= 11 is 1.37. The fraction of sp³-hybridized carbons (Fsp3) is 0.667. The lowest BCUT2D eigenvalue weighted by Crippen LogP contribution is -2.23.